The topological polar surface area (TPSA) is 114 Å². The normalized spacial score (nSPS) is 16.5. The van der Waals surface area contributed by atoms with Crippen molar-refractivity contribution in [3.63, 3.8) is 0 Å². The molecule has 11 heteroatoms. The van der Waals surface area contributed by atoms with E-state index in [4.69, 9.17) is 18.9 Å². The predicted molar refractivity (Wildman–Crippen MR) is 169 cm³/mol. The predicted octanol–water partition coefficient (Wildman–Crippen LogP) is 5.43. The Bertz CT molecular complexity index is 1610. The van der Waals surface area contributed by atoms with Crippen LogP contribution in [0.4, 0.5) is 15.8 Å². The zero-order chi connectivity index (χ0) is 31.2. The van der Waals surface area contributed by atoms with Crippen LogP contribution < -0.4 is 24.8 Å². The molecule has 3 aromatic carbocycles. The van der Waals surface area contributed by atoms with E-state index >= 15 is 0 Å². The summed E-state index contributed by atoms with van der Waals surface area (Å²) in [7, 11) is 1.61. The van der Waals surface area contributed by atoms with Gasteiger partial charge in [0.15, 0.2) is 11.5 Å². The summed E-state index contributed by atoms with van der Waals surface area (Å²) in [6.45, 7) is 4.98. The van der Waals surface area contributed by atoms with Gasteiger partial charge < -0.3 is 34.7 Å². The minimum absolute atomic E-state index is 0.310. The van der Waals surface area contributed by atoms with E-state index < -0.39 is 11.6 Å². The molecule has 10 nitrogen and oxygen atoms in total. The van der Waals surface area contributed by atoms with Crippen LogP contribution in [0.15, 0.2) is 72.9 Å². The molecular weight excluding hydrogens is 579 g/mol. The molecule has 1 aliphatic carbocycles. The third-order valence-electron chi connectivity index (χ3n) is 8.22. The summed E-state index contributed by atoms with van der Waals surface area (Å²) in [5.74, 6) is 1.72. The van der Waals surface area contributed by atoms with E-state index in [1.807, 2.05) is 12.1 Å². The Balaban J connectivity index is 1.07. The molecule has 1 atom stereocenters. The number of carbonyl (C=O) groups is 1. The van der Waals surface area contributed by atoms with Gasteiger partial charge in [-0.3, -0.25) is 14.7 Å². The third-order valence-corrected chi connectivity index (χ3v) is 8.22. The zero-order valence-electron chi connectivity index (χ0n) is 25.1. The van der Waals surface area contributed by atoms with Crippen LogP contribution in [0.5, 0.6) is 23.0 Å². The van der Waals surface area contributed by atoms with Gasteiger partial charge in [0.25, 0.3) is 0 Å². The number of rotatable bonds is 13. The van der Waals surface area contributed by atoms with Crippen LogP contribution in [0, 0.1) is 11.2 Å². The Morgan fingerprint density at radius 1 is 1.02 bits per heavy atom. The van der Waals surface area contributed by atoms with Gasteiger partial charge in [-0.25, -0.2) is 4.39 Å². The van der Waals surface area contributed by atoms with Crippen molar-refractivity contribution >= 4 is 28.2 Å². The van der Waals surface area contributed by atoms with Crippen molar-refractivity contribution in [2.45, 2.75) is 25.5 Å². The number of amides is 1. The summed E-state index contributed by atoms with van der Waals surface area (Å²) in [6.07, 6.45) is 2.55. The van der Waals surface area contributed by atoms with Gasteiger partial charge in [0.1, 0.15) is 23.5 Å². The minimum atomic E-state index is -1.10. The lowest BCUT2D eigenvalue weighted by atomic mass is 10.0. The van der Waals surface area contributed by atoms with E-state index in [0.717, 1.165) is 44.7 Å². The first kappa shape index (κ1) is 30.6. The van der Waals surface area contributed by atoms with E-state index in [2.05, 4.69) is 20.5 Å². The summed E-state index contributed by atoms with van der Waals surface area (Å²) in [4.78, 5) is 19.8. The molecule has 1 amide bonds. The fraction of sp³-hybridized carbons (Fsp3) is 0.353. The number of carbonyl (C=O) groups excluding carboxylic acids is 1. The minimum Gasteiger partial charge on any atom is -0.493 e. The number of halogens is 1. The van der Waals surface area contributed by atoms with E-state index in [0.29, 0.717) is 59.3 Å². The van der Waals surface area contributed by atoms with Crippen molar-refractivity contribution in [2.24, 2.45) is 5.41 Å². The first-order chi connectivity index (χ1) is 21.9. The van der Waals surface area contributed by atoms with Gasteiger partial charge in [-0.2, -0.15) is 0 Å². The molecule has 2 fully saturated rings. The molecule has 1 aromatic heterocycles. The Morgan fingerprint density at radius 2 is 1.76 bits per heavy atom. The number of nitrogens with zero attached hydrogens (tertiary/aromatic N) is 2. The highest BCUT2D eigenvalue weighted by atomic mass is 19.1. The second kappa shape index (κ2) is 13.7. The number of ether oxygens (including phenoxy) is 4. The highest BCUT2D eigenvalue weighted by molar-refractivity contribution is 5.98. The van der Waals surface area contributed by atoms with Gasteiger partial charge in [0, 0.05) is 48.7 Å². The Hall–Kier alpha value is -4.45. The Kier molecular flexibility index (Phi) is 9.29. The summed E-state index contributed by atoms with van der Waals surface area (Å²) in [6, 6.07) is 18.2. The van der Waals surface area contributed by atoms with Gasteiger partial charge >= 0.3 is 0 Å². The van der Waals surface area contributed by atoms with Gasteiger partial charge in [0.05, 0.1) is 37.9 Å². The Labute approximate surface area is 261 Å². The van der Waals surface area contributed by atoms with Gasteiger partial charge in [-0.1, -0.05) is 0 Å². The molecule has 6 rings (SSSR count). The maximum atomic E-state index is 13.2. The average molecular weight is 617 g/mol. The molecule has 1 saturated carbocycles. The monoisotopic (exact) mass is 616 g/mol. The average Bonchev–Trinajstić information content (AvgIpc) is 3.88. The maximum Gasteiger partial charge on any atom is 0.235 e. The number of aliphatic hydroxyl groups is 1. The van der Waals surface area contributed by atoms with Crippen LogP contribution in [-0.4, -0.2) is 73.7 Å². The van der Waals surface area contributed by atoms with Crippen LogP contribution in [-0.2, 0) is 9.53 Å². The molecule has 0 spiro atoms. The van der Waals surface area contributed by atoms with E-state index in [1.165, 1.54) is 24.3 Å². The summed E-state index contributed by atoms with van der Waals surface area (Å²) < 4.78 is 36.6. The zero-order valence-corrected chi connectivity index (χ0v) is 25.1. The largest absolute Gasteiger partial charge is 0.493 e. The van der Waals surface area contributed by atoms with Gasteiger partial charge in [0.2, 0.25) is 5.91 Å². The van der Waals surface area contributed by atoms with E-state index in [1.54, 1.807) is 43.6 Å². The number of fused-ring (bicyclic) bond motifs is 1. The molecule has 1 saturated heterocycles. The molecule has 0 bridgehead atoms. The summed E-state index contributed by atoms with van der Waals surface area (Å²) in [5, 5.41) is 17.5. The lowest BCUT2D eigenvalue weighted by Gasteiger charge is -2.26. The number of aromatic nitrogens is 1. The van der Waals surface area contributed by atoms with E-state index in [-0.39, 0.29) is 11.7 Å². The summed E-state index contributed by atoms with van der Waals surface area (Å²) in [5.41, 5.74) is 0.869. The summed E-state index contributed by atoms with van der Waals surface area (Å²) >= 11 is 0. The van der Waals surface area contributed by atoms with Crippen LogP contribution in [0.3, 0.4) is 0 Å². The van der Waals surface area contributed by atoms with Crippen molar-refractivity contribution in [3.05, 3.63) is 78.7 Å². The number of pyridine rings is 1. The fourth-order valence-electron chi connectivity index (χ4n) is 5.38. The second-order valence-corrected chi connectivity index (χ2v) is 11.3. The van der Waals surface area contributed by atoms with Crippen molar-refractivity contribution < 1.29 is 33.2 Å². The fourth-order valence-corrected chi connectivity index (χ4v) is 5.38. The molecule has 2 aliphatic rings. The van der Waals surface area contributed by atoms with Crippen molar-refractivity contribution in [1.82, 2.24) is 9.88 Å². The number of aliphatic hydroxyl groups excluding tert-OH is 1. The molecule has 0 radical (unpaired) electrons. The van der Waals surface area contributed by atoms with Gasteiger partial charge in [-0.15, -0.1) is 0 Å². The molecule has 2 heterocycles. The number of hydrogen-bond donors (Lipinski definition) is 3. The van der Waals surface area contributed by atoms with Crippen LogP contribution in [0.25, 0.3) is 10.9 Å². The van der Waals surface area contributed by atoms with Crippen LogP contribution in [0.2, 0.25) is 0 Å². The van der Waals surface area contributed by atoms with Crippen molar-refractivity contribution in [2.75, 3.05) is 57.2 Å². The van der Waals surface area contributed by atoms with Crippen LogP contribution in [0.1, 0.15) is 19.3 Å². The number of benzene rings is 3. The van der Waals surface area contributed by atoms with Crippen molar-refractivity contribution in [3.8, 4) is 23.0 Å². The second-order valence-electron chi connectivity index (χ2n) is 11.3. The van der Waals surface area contributed by atoms with E-state index in [9.17, 15) is 14.3 Å². The highest BCUT2D eigenvalue weighted by Crippen LogP contribution is 2.50. The number of morpholine rings is 1. The maximum absolute atomic E-state index is 13.2. The van der Waals surface area contributed by atoms with Gasteiger partial charge in [-0.05, 0) is 79.9 Å². The first-order valence-corrected chi connectivity index (χ1v) is 15.1. The number of methoxy groups -OCH3 is 1. The number of hydrogen-bond acceptors (Lipinski definition) is 9. The standard InChI is InChI=1S/C34H37FN4O6/c1-42-30-21-27-28(22-31(30)44-18-2-15-39-16-19-43-20-17-39)36-14-11-29(27)45-26-9-7-25(8-10-26)38-33(41)34(12-13-34)32(40)37-24-5-3-23(35)4-6-24/h3-11,14,21-22,33,38,41H,2,12-13,15-20H2,1H3,(H,37,40). The molecule has 236 valence electrons. The first-order valence-electron chi connectivity index (χ1n) is 15.1. The molecule has 4 aromatic rings. The number of anilines is 2. The SMILES string of the molecule is COc1cc2c(Oc3ccc(NC(O)C4(C(=O)Nc5ccc(F)cc5)CC4)cc3)ccnc2cc1OCCCN1CCOCC1. The smallest absolute Gasteiger partial charge is 0.235 e. The third kappa shape index (κ3) is 7.28. The molecular formula is C34H37FN4O6. The molecule has 1 aliphatic heterocycles. The highest BCUT2D eigenvalue weighted by Gasteiger charge is 2.55. The van der Waals surface area contributed by atoms with Crippen molar-refractivity contribution in [1.29, 1.82) is 0 Å². The molecule has 45 heavy (non-hydrogen) atoms. The number of nitrogens with one attached hydrogen (secondary N) is 2. The quantitative estimate of drug-likeness (QED) is 0.134. The molecule has 1 unspecified atom stereocenters. The Morgan fingerprint density at radius 3 is 2.47 bits per heavy atom. The molecule has 3 N–H and O–H groups in total. The lowest BCUT2D eigenvalue weighted by Crippen LogP contribution is -2.39. The van der Waals surface area contributed by atoms with Crippen LogP contribution >= 0.6 is 0 Å². The lowest BCUT2D eigenvalue weighted by molar-refractivity contribution is -0.124.